The molecule has 0 spiro atoms. The molecule has 0 N–H and O–H groups in total. The predicted octanol–water partition coefficient (Wildman–Crippen LogP) is 3.18. The van der Waals surface area contributed by atoms with Crippen LogP contribution in [0.15, 0.2) is 0 Å². The van der Waals surface area contributed by atoms with E-state index in [1.807, 2.05) is 0 Å². The minimum Gasteiger partial charge on any atom is -0.303 e. The molecule has 3 heteroatoms. The van der Waals surface area contributed by atoms with Crippen LogP contribution in [0.1, 0.15) is 44.9 Å². The van der Waals surface area contributed by atoms with Crippen molar-refractivity contribution in [1.82, 2.24) is 0 Å². The third-order valence-corrected chi connectivity index (χ3v) is 2.91. The number of hydrogen-bond donors (Lipinski definition) is 0. The zero-order valence-corrected chi connectivity index (χ0v) is 7.77. The van der Waals surface area contributed by atoms with Gasteiger partial charge in [0.25, 0.3) is 0 Å². The van der Waals surface area contributed by atoms with Crippen LogP contribution in [0.4, 0.5) is 8.78 Å². The molecular weight excluding hydrogens is 174 g/mol. The molecule has 0 aromatic heterocycles. The zero-order valence-electron chi connectivity index (χ0n) is 7.77. The van der Waals surface area contributed by atoms with Crippen LogP contribution in [-0.2, 0) is 4.79 Å². The Morgan fingerprint density at radius 1 is 1.15 bits per heavy atom. The average Bonchev–Trinajstić information content (AvgIpc) is 2.30. The summed E-state index contributed by atoms with van der Waals surface area (Å²) < 4.78 is 24.4. The Morgan fingerprint density at radius 2 is 1.69 bits per heavy atom. The average molecular weight is 190 g/mol. The molecule has 0 saturated heterocycles. The molecular formula is C10H16F2O. The highest BCUT2D eigenvalue weighted by Crippen LogP contribution is 2.37. The lowest BCUT2D eigenvalue weighted by Gasteiger charge is -2.25. The van der Waals surface area contributed by atoms with Crippen LogP contribution in [0.5, 0.6) is 0 Å². The summed E-state index contributed by atoms with van der Waals surface area (Å²) in [7, 11) is 0. The first-order chi connectivity index (χ1) is 6.18. The van der Waals surface area contributed by atoms with Crippen molar-refractivity contribution in [3.63, 3.8) is 0 Å². The van der Waals surface area contributed by atoms with Crippen LogP contribution in [-0.4, -0.2) is 12.7 Å². The van der Waals surface area contributed by atoms with E-state index in [1.165, 1.54) is 0 Å². The minimum atomic E-state index is -2.34. The van der Waals surface area contributed by atoms with E-state index in [9.17, 15) is 13.6 Å². The van der Waals surface area contributed by atoms with Crippen molar-refractivity contribution >= 4 is 6.29 Å². The molecule has 0 radical (unpaired) electrons. The maximum Gasteiger partial charge on any atom is 0.239 e. The van der Waals surface area contributed by atoms with Gasteiger partial charge in [0.2, 0.25) is 6.43 Å². The third kappa shape index (κ3) is 3.05. The summed E-state index contributed by atoms with van der Waals surface area (Å²) in [4.78, 5) is 10.8. The molecule has 0 bridgehead atoms. The van der Waals surface area contributed by atoms with Gasteiger partial charge in [0.1, 0.15) is 6.29 Å². The Morgan fingerprint density at radius 3 is 2.08 bits per heavy atom. The first-order valence-electron chi connectivity index (χ1n) is 4.93. The maximum absolute atomic E-state index is 12.2. The van der Waals surface area contributed by atoms with Crippen LogP contribution in [0, 0.1) is 5.41 Å². The van der Waals surface area contributed by atoms with Crippen molar-refractivity contribution in [2.45, 2.75) is 51.4 Å². The molecule has 1 aliphatic carbocycles. The lowest BCUT2D eigenvalue weighted by molar-refractivity contribution is -0.119. The summed E-state index contributed by atoms with van der Waals surface area (Å²) in [5.74, 6) is 0. The van der Waals surface area contributed by atoms with Gasteiger partial charge in [0.15, 0.2) is 0 Å². The molecule has 1 fully saturated rings. The molecule has 1 saturated carbocycles. The zero-order chi connectivity index (χ0) is 9.73. The van der Waals surface area contributed by atoms with Crippen LogP contribution in [0.2, 0.25) is 0 Å². The van der Waals surface area contributed by atoms with Crippen LogP contribution < -0.4 is 0 Å². The van der Waals surface area contributed by atoms with Crippen LogP contribution in [0.3, 0.4) is 0 Å². The van der Waals surface area contributed by atoms with E-state index in [2.05, 4.69) is 0 Å². The quantitative estimate of drug-likeness (QED) is 0.493. The van der Waals surface area contributed by atoms with Gasteiger partial charge < -0.3 is 4.79 Å². The molecule has 0 aromatic carbocycles. The summed E-state index contributed by atoms with van der Waals surface area (Å²) in [6.07, 6.45) is 3.50. The molecule has 1 rings (SSSR count). The second kappa shape index (κ2) is 4.68. The predicted molar refractivity (Wildman–Crippen MR) is 46.8 cm³/mol. The molecule has 1 nitrogen and oxygen atoms in total. The van der Waals surface area contributed by atoms with E-state index in [1.54, 1.807) is 0 Å². The fraction of sp³-hybridized carbons (Fsp3) is 0.900. The summed E-state index contributed by atoms with van der Waals surface area (Å²) >= 11 is 0. The number of halogens is 2. The van der Waals surface area contributed by atoms with Crippen molar-refractivity contribution in [2.24, 2.45) is 5.41 Å². The number of rotatable bonds is 3. The molecule has 0 atom stereocenters. The van der Waals surface area contributed by atoms with Crippen LogP contribution >= 0.6 is 0 Å². The first kappa shape index (κ1) is 10.6. The molecule has 0 aliphatic heterocycles. The molecule has 0 amide bonds. The van der Waals surface area contributed by atoms with Gasteiger partial charge in [0, 0.05) is 11.8 Å². The van der Waals surface area contributed by atoms with E-state index < -0.39 is 11.8 Å². The number of hydrogen-bond acceptors (Lipinski definition) is 1. The first-order valence-corrected chi connectivity index (χ1v) is 4.93. The Bertz CT molecular complexity index is 160. The number of alkyl halides is 2. The third-order valence-electron chi connectivity index (χ3n) is 2.91. The lowest BCUT2D eigenvalue weighted by atomic mass is 9.79. The van der Waals surface area contributed by atoms with Gasteiger partial charge in [-0.15, -0.1) is 0 Å². The molecule has 1 aliphatic rings. The molecule has 0 aromatic rings. The standard InChI is InChI=1S/C10H16F2O/c11-9(12)7-10(8-13)5-3-1-2-4-6-10/h8-9H,1-7H2. The molecule has 0 heterocycles. The maximum atomic E-state index is 12.2. The van der Waals surface area contributed by atoms with Gasteiger partial charge in [-0.2, -0.15) is 0 Å². The fourth-order valence-corrected chi connectivity index (χ4v) is 2.11. The fourth-order valence-electron chi connectivity index (χ4n) is 2.11. The smallest absolute Gasteiger partial charge is 0.239 e. The van der Waals surface area contributed by atoms with E-state index in [0.717, 1.165) is 32.0 Å². The van der Waals surface area contributed by atoms with Gasteiger partial charge in [-0.25, -0.2) is 8.78 Å². The highest BCUT2D eigenvalue weighted by atomic mass is 19.3. The monoisotopic (exact) mass is 190 g/mol. The van der Waals surface area contributed by atoms with E-state index in [0.29, 0.717) is 12.8 Å². The van der Waals surface area contributed by atoms with Crippen LogP contribution in [0.25, 0.3) is 0 Å². The van der Waals surface area contributed by atoms with E-state index in [-0.39, 0.29) is 6.42 Å². The summed E-state index contributed by atoms with van der Waals surface area (Å²) in [6, 6.07) is 0. The topological polar surface area (TPSA) is 17.1 Å². The normalized spacial score (nSPS) is 22.7. The van der Waals surface area contributed by atoms with Gasteiger partial charge >= 0.3 is 0 Å². The summed E-state index contributed by atoms with van der Waals surface area (Å²) in [6.45, 7) is 0. The number of aldehydes is 1. The van der Waals surface area contributed by atoms with Gasteiger partial charge in [-0.1, -0.05) is 25.7 Å². The van der Waals surface area contributed by atoms with Crippen molar-refractivity contribution in [3.05, 3.63) is 0 Å². The van der Waals surface area contributed by atoms with Gasteiger partial charge in [0.05, 0.1) is 0 Å². The van der Waals surface area contributed by atoms with Crippen molar-refractivity contribution in [3.8, 4) is 0 Å². The minimum absolute atomic E-state index is 0.240. The Labute approximate surface area is 77.5 Å². The highest BCUT2D eigenvalue weighted by molar-refractivity contribution is 5.59. The second-order valence-electron chi connectivity index (χ2n) is 3.99. The summed E-state index contributed by atoms with van der Waals surface area (Å²) in [5, 5.41) is 0. The van der Waals surface area contributed by atoms with Crippen molar-refractivity contribution in [1.29, 1.82) is 0 Å². The summed E-state index contributed by atoms with van der Waals surface area (Å²) in [5.41, 5.74) is -0.704. The largest absolute Gasteiger partial charge is 0.303 e. The van der Waals surface area contributed by atoms with Gasteiger partial charge in [-0.05, 0) is 12.8 Å². The van der Waals surface area contributed by atoms with E-state index >= 15 is 0 Å². The number of carbonyl (C=O) groups excluding carboxylic acids is 1. The molecule has 0 unspecified atom stereocenters. The van der Waals surface area contributed by atoms with Gasteiger partial charge in [-0.3, -0.25) is 0 Å². The highest BCUT2D eigenvalue weighted by Gasteiger charge is 2.33. The van der Waals surface area contributed by atoms with Crippen molar-refractivity contribution in [2.75, 3.05) is 0 Å². The van der Waals surface area contributed by atoms with Crippen molar-refractivity contribution < 1.29 is 13.6 Å². The van der Waals surface area contributed by atoms with E-state index in [4.69, 9.17) is 0 Å². The Hall–Kier alpha value is -0.470. The SMILES string of the molecule is O=CC1(CC(F)F)CCCCCC1. The molecule has 13 heavy (non-hydrogen) atoms. The number of carbonyl (C=O) groups is 1. The second-order valence-corrected chi connectivity index (χ2v) is 3.99. The molecule has 76 valence electrons. The Kier molecular flexibility index (Phi) is 3.82. The lowest BCUT2D eigenvalue weighted by Crippen LogP contribution is -2.24. The Balaban J connectivity index is 2.59.